The van der Waals surface area contributed by atoms with Crippen molar-refractivity contribution in [3.05, 3.63) is 11.6 Å². The number of nitrogens with two attached hydrogens (primary N) is 3. The fourth-order valence-electron chi connectivity index (χ4n) is 1.43. The van der Waals surface area contributed by atoms with Gasteiger partial charge in [-0.1, -0.05) is 11.8 Å². The van der Waals surface area contributed by atoms with Gasteiger partial charge in [-0.3, -0.25) is 0 Å². The van der Waals surface area contributed by atoms with Crippen molar-refractivity contribution in [2.24, 2.45) is 5.73 Å². The minimum atomic E-state index is -0.0639. The summed E-state index contributed by atoms with van der Waals surface area (Å²) in [6.45, 7) is 2.40. The molecule has 1 aliphatic heterocycles. The third kappa shape index (κ3) is 1.38. The van der Waals surface area contributed by atoms with E-state index >= 15 is 0 Å². The van der Waals surface area contributed by atoms with Gasteiger partial charge in [-0.2, -0.15) is 0 Å². The van der Waals surface area contributed by atoms with Crippen LogP contribution in [0.2, 0.25) is 0 Å². The Morgan fingerprint density at radius 3 is 2.93 bits per heavy atom. The molecule has 1 aromatic rings. The predicted molar refractivity (Wildman–Crippen MR) is 59.3 cm³/mol. The zero-order valence-corrected chi connectivity index (χ0v) is 8.73. The summed E-state index contributed by atoms with van der Waals surface area (Å²) in [5.74, 6) is 0.680. The van der Waals surface area contributed by atoms with E-state index in [9.17, 15) is 0 Å². The maximum absolute atomic E-state index is 5.92. The predicted octanol–water partition coefficient (Wildman–Crippen LogP) is 0.929. The first kappa shape index (κ1) is 9.48. The van der Waals surface area contributed by atoms with Crippen LogP contribution in [-0.2, 0) is 0 Å². The molecule has 0 spiro atoms. The molecule has 1 atom stereocenters. The zero-order chi connectivity index (χ0) is 10.3. The zero-order valence-electron chi connectivity index (χ0n) is 7.91. The van der Waals surface area contributed by atoms with Gasteiger partial charge in [0.2, 0.25) is 0 Å². The van der Waals surface area contributed by atoms with Crippen molar-refractivity contribution in [2.45, 2.75) is 17.2 Å². The van der Waals surface area contributed by atoms with E-state index in [0.717, 1.165) is 10.5 Å². The van der Waals surface area contributed by atoms with E-state index in [2.05, 4.69) is 0 Å². The molecule has 1 aromatic carbocycles. The molecule has 0 radical (unpaired) electrons. The molecule has 1 unspecified atom stereocenters. The second kappa shape index (κ2) is 3.25. The molecule has 4 nitrogen and oxygen atoms in total. The monoisotopic (exact) mass is 211 g/mol. The molecule has 1 aliphatic rings. The smallest absolute Gasteiger partial charge is 0.158 e. The molecule has 5 heteroatoms. The molecule has 1 heterocycles. The molecule has 0 amide bonds. The first-order valence-corrected chi connectivity index (χ1v) is 5.21. The van der Waals surface area contributed by atoms with Gasteiger partial charge in [0.05, 0.1) is 21.6 Å². The maximum Gasteiger partial charge on any atom is 0.158 e. The van der Waals surface area contributed by atoms with Gasteiger partial charge in [-0.05, 0) is 18.6 Å². The number of rotatable bonds is 0. The third-order valence-corrected chi connectivity index (χ3v) is 3.25. The van der Waals surface area contributed by atoms with Crippen molar-refractivity contribution >= 4 is 23.1 Å². The standard InChI is InChI=1S/C9H13N3OS/c1-4-2-5(10)8-9(7(4)12)14-6(11)3-13-8/h2,6H,3,10-12H2,1H3. The number of fused-ring (bicyclic) bond motifs is 1. The third-order valence-electron chi connectivity index (χ3n) is 2.17. The highest BCUT2D eigenvalue weighted by Crippen LogP contribution is 2.44. The van der Waals surface area contributed by atoms with Gasteiger partial charge in [0.25, 0.3) is 0 Å². The lowest BCUT2D eigenvalue weighted by molar-refractivity contribution is 0.306. The Hall–Kier alpha value is -1.07. The van der Waals surface area contributed by atoms with E-state index in [1.807, 2.05) is 13.0 Å². The van der Waals surface area contributed by atoms with Crippen LogP contribution >= 0.6 is 11.8 Å². The van der Waals surface area contributed by atoms with Crippen LogP contribution in [0.1, 0.15) is 5.56 Å². The van der Waals surface area contributed by atoms with Crippen LogP contribution in [0.4, 0.5) is 11.4 Å². The SMILES string of the molecule is Cc1cc(N)c2c(c1N)SC(N)CO2. The fraction of sp³-hybridized carbons (Fsp3) is 0.333. The Kier molecular flexibility index (Phi) is 2.20. The first-order chi connectivity index (χ1) is 6.59. The van der Waals surface area contributed by atoms with E-state index in [1.165, 1.54) is 11.8 Å². The van der Waals surface area contributed by atoms with Crippen LogP contribution in [0.25, 0.3) is 0 Å². The van der Waals surface area contributed by atoms with Gasteiger partial charge in [0.1, 0.15) is 6.61 Å². The number of hydrogen-bond acceptors (Lipinski definition) is 5. The van der Waals surface area contributed by atoms with E-state index < -0.39 is 0 Å². The summed E-state index contributed by atoms with van der Waals surface area (Å²) < 4.78 is 5.45. The van der Waals surface area contributed by atoms with Crippen LogP contribution in [0.3, 0.4) is 0 Å². The van der Waals surface area contributed by atoms with E-state index in [4.69, 9.17) is 21.9 Å². The largest absolute Gasteiger partial charge is 0.488 e. The van der Waals surface area contributed by atoms with E-state index in [1.54, 1.807) is 0 Å². The van der Waals surface area contributed by atoms with Crippen molar-refractivity contribution in [2.75, 3.05) is 18.1 Å². The molecule has 0 saturated heterocycles. The summed E-state index contributed by atoms with van der Waals surface area (Å²) in [6, 6.07) is 1.82. The number of ether oxygens (including phenoxy) is 1. The average Bonchev–Trinajstić information content (AvgIpc) is 2.14. The Morgan fingerprint density at radius 2 is 2.21 bits per heavy atom. The number of benzene rings is 1. The van der Waals surface area contributed by atoms with E-state index in [-0.39, 0.29) is 5.37 Å². The molecule has 0 aromatic heterocycles. The minimum absolute atomic E-state index is 0.0639. The molecule has 14 heavy (non-hydrogen) atoms. The van der Waals surface area contributed by atoms with Crippen molar-refractivity contribution < 1.29 is 4.74 Å². The number of aryl methyl sites for hydroxylation is 1. The molecular weight excluding hydrogens is 198 g/mol. The second-order valence-electron chi connectivity index (χ2n) is 3.32. The quantitative estimate of drug-likeness (QED) is 0.556. The molecule has 0 saturated carbocycles. The lowest BCUT2D eigenvalue weighted by atomic mass is 10.1. The number of hydrogen-bond donors (Lipinski definition) is 3. The van der Waals surface area contributed by atoms with E-state index in [0.29, 0.717) is 23.7 Å². The first-order valence-electron chi connectivity index (χ1n) is 4.33. The summed E-state index contributed by atoms with van der Waals surface area (Å²) in [5.41, 5.74) is 19.8. The molecular formula is C9H13N3OS. The Balaban J connectivity index is 2.57. The molecule has 0 fully saturated rings. The normalized spacial score (nSPS) is 20.0. The molecule has 6 N–H and O–H groups in total. The summed E-state index contributed by atoms with van der Waals surface area (Å²) in [4.78, 5) is 0.876. The van der Waals surface area contributed by atoms with Crippen molar-refractivity contribution in [3.63, 3.8) is 0 Å². The highest BCUT2D eigenvalue weighted by atomic mass is 32.2. The van der Waals surface area contributed by atoms with Crippen LogP contribution in [0.5, 0.6) is 5.75 Å². The highest BCUT2D eigenvalue weighted by Gasteiger charge is 2.22. The van der Waals surface area contributed by atoms with Crippen LogP contribution in [0, 0.1) is 6.92 Å². The van der Waals surface area contributed by atoms with Gasteiger partial charge < -0.3 is 21.9 Å². The molecule has 76 valence electrons. The number of anilines is 2. The summed E-state index contributed by atoms with van der Waals surface area (Å²) >= 11 is 1.51. The number of nitrogen functional groups attached to an aromatic ring is 2. The van der Waals surface area contributed by atoms with Crippen LogP contribution in [-0.4, -0.2) is 12.0 Å². The average molecular weight is 211 g/mol. The summed E-state index contributed by atoms with van der Waals surface area (Å²) in [6.07, 6.45) is 0. The Morgan fingerprint density at radius 1 is 1.50 bits per heavy atom. The minimum Gasteiger partial charge on any atom is -0.488 e. The van der Waals surface area contributed by atoms with Gasteiger partial charge >= 0.3 is 0 Å². The lowest BCUT2D eigenvalue weighted by Crippen LogP contribution is -2.28. The lowest BCUT2D eigenvalue weighted by Gasteiger charge is -2.25. The maximum atomic E-state index is 5.92. The van der Waals surface area contributed by atoms with Crippen LogP contribution in [0.15, 0.2) is 11.0 Å². The topological polar surface area (TPSA) is 87.3 Å². The highest BCUT2D eigenvalue weighted by molar-refractivity contribution is 8.00. The second-order valence-corrected chi connectivity index (χ2v) is 4.57. The van der Waals surface area contributed by atoms with Crippen molar-refractivity contribution in [3.8, 4) is 5.75 Å². The van der Waals surface area contributed by atoms with Crippen molar-refractivity contribution in [1.82, 2.24) is 0 Å². The Bertz CT molecular complexity index is 381. The van der Waals surface area contributed by atoms with Gasteiger partial charge in [0, 0.05) is 0 Å². The summed E-state index contributed by atoms with van der Waals surface area (Å²) in [5, 5.41) is -0.0639. The fourth-order valence-corrected chi connectivity index (χ4v) is 2.44. The van der Waals surface area contributed by atoms with Gasteiger partial charge in [-0.15, -0.1) is 0 Å². The van der Waals surface area contributed by atoms with Gasteiger partial charge in [0.15, 0.2) is 5.75 Å². The van der Waals surface area contributed by atoms with Crippen LogP contribution < -0.4 is 21.9 Å². The number of thioether (sulfide) groups is 1. The van der Waals surface area contributed by atoms with Crippen molar-refractivity contribution in [1.29, 1.82) is 0 Å². The van der Waals surface area contributed by atoms with Gasteiger partial charge in [-0.25, -0.2) is 0 Å². The summed E-state index contributed by atoms with van der Waals surface area (Å²) in [7, 11) is 0. The molecule has 0 bridgehead atoms. The molecule has 2 rings (SSSR count). The molecule has 0 aliphatic carbocycles. The Labute approximate surface area is 86.8 Å².